The number of nitrogens with one attached hydrogen (secondary N) is 1. The van der Waals surface area contributed by atoms with Crippen molar-refractivity contribution in [2.75, 3.05) is 13.1 Å². The predicted octanol–water partition coefficient (Wildman–Crippen LogP) is 6.51. The molecule has 35 heavy (non-hydrogen) atoms. The Kier molecular flexibility index (Phi) is 7.12. The van der Waals surface area contributed by atoms with E-state index >= 15 is 0 Å². The van der Waals surface area contributed by atoms with E-state index in [1.807, 2.05) is 30.3 Å². The van der Waals surface area contributed by atoms with Gasteiger partial charge in [0.1, 0.15) is 0 Å². The van der Waals surface area contributed by atoms with Crippen molar-refractivity contribution in [3.8, 4) is 11.3 Å². The van der Waals surface area contributed by atoms with Crippen molar-refractivity contribution < 1.29 is 4.79 Å². The molecule has 1 fully saturated rings. The number of halogens is 1. The minimum absolute atomic E-state index is 0.0624. The van der Waals surface area contributed by atoms with E-state index in [2.05, 4.69) is 65.7 Å². The first-order valence-corrected chi connectivity index (χ1v) is 12.7. The highest BCUT2D eigenvalue weighted by Crippen LogP contribution is 2.28. The van der Waals surface area contributed by atoms with Crippen molar-refractivity contribution in [2.45, 2.75) is 38.8 Å². The van der Waals surface area contributed by atoms with Gasteiger partial charge in [-0.05, 0) is 54.7 Å². The molecule has 0 unspecified atom stereocenters. The summed E-state index contributed by atoms with van der Waals surface area (Å²) in [6.45, 7) is 5.03. The van der Waals surface area contributed by atoms with E-state index in [-0.39, 0.29) is 11.9 Å². The van der Waals surface area contributed by atoms with Crippen LogP contribution in [-0.4, -0.2) is 34.9 Å². The largest absolute Gasteiger partial charge is 0.349 e. The summed E-state index contributed by atoms with van der Waals surface area (Å²) in [5.74, 6) is -0.0624. The van der Waals surface area contributed by atoms with Crippen LogP contribution in [0.4, 0.5) is 0 Å². The molecule has 0 spiro atoms. The molecule has 5 heteroatoms. The van der Waals surface area contributed by atoms with Gasteiger partial charge in [-0.2, -0.15) is 0 Å². The molecule has 5 rings (SSSR count). The van der Waals surface area contributed by atoms with Crippen LogP contribution >= 0.6 is 11.6 Å². The number of aromatic nitrogens is 1. The van der Waals surface area contributed by atoms with Gasteiger partial charge in [0.05, 0.1) is 16.8 Å². The van der Waals surface area contributed by atoms with Crippen molar-refractivity contribution in [3.05, 3.63) is 101 Å². The van der Waals surface area contributed by atoms with Crippen molar-refractivity contribution in [2.24, 2.45) is 0 Å². The van der Waals surface area contributed by atoms with E-state index in [1.165, 1.54) is 11.1 Å². The Morgan fingerprint density at radius 3 is 2.43 bits per heavy atom. The molecule has 1 aliphatic heterocycles. The monoisotopic (exact) mass is 483 g/mol. The fraction of sp³-hybridized carbons (Fsp3) is 0.267. The maximum atomic E-state index is 13.5. The lowest BCUT2D eigenvalue weighted by Crippen LogP contribution is -2.44. The minimum Gasteiger partial charge on any atom is -0.349 e. The Balaban J connectivity index is 1.34. The number of carbonyl (C=O) groups is 1. The van der Waals surface area contributed by atoms with E-state index < -0.39 is 0 Å². The first-order valence-electron chi connectivity index (χ1n) is 12.4. The fourth-order valence-electron chi connectivity index (χ4n) is 4.79. The van der Waals surface area contributed by atoms with Crippen LogP contribution in [0.1, 0.15) is 41.3 Å². The van der Waals surface area contributed by atoms with Gasteiger partial charge in [0.25, 0.3) is 5.91 Å². The fourth-order valence-corrected chi connectivity index (χ4v) is 4.96. The van der Waals surface area contributed by atoms with Gasteiger partial charge in [-0.25, -0.2) is 4.98 Å². The Labute approximate surface area is 212 Å². The molecule has 0 saturated carbocycles. The van der Waals surface area contributed by atoms with Crippen LogP contribution < -0.4 is 5.32 Å². The maximum absolute atomic E-state index is 13.5. The molecule has 1 amide bonds. The number of rotatable bonds is 6. The molecule has 1 N–H and O–H groups in total. The summed E-state index contributed by atoms with van der Waals surface area (Å²) in [7, 11) is 0. The van der Waals surface area contributed by atoms with Crippen LogP contribution in [0.5, 0.6) is 0 Å². The van der Waals surface area contributed by atoms with Crippen molar-refractivity contribution >= 4 is 28.4 Å². The van der Waals surface area contributed by atoms with Crippen LogP contribution in [0.15, 0.2) is 78.9 Å². The van der Waals surface area contributed by atoms with Crippen LogP contribution in [0.2, 0.25) is 5.02 Å². The summed E-state index contributed by atoms with van der Waals surface area (Å²) in [5, 5.41) is 4.67. The number of benzene rings is 3. The van der Waals surface area contributed by atoms with Crippen LogP contribution in [-0.2, 0) is 13.0 Å². The normalized spacial score (nSPS) is 14.8. The first-order chi connectivity index (χ1) is 17.1. The van der Waals surface area contributed by atoms with Gasteiger partial charge >= 0.3 is 0 Å². The third-order valence-electron chi connectivity index (χ3n) is 6.85. The summed E-state index contributed by atoms with van der Waals surface area (Å²) in [6, 6.07) is 26.5. The highest BCUT2D eigenvalue weighted by atomic mass is 35.5. The topological polar surface area (TPSA) is 45.2 Å². The summed E-state index contributed by atoms with van der Waals surface area (Å²) in [5.41, 5.74) is 5.80. The number of fused-ring (bicyclic) bond motifs is 1. The number of piperidine rings is 1. The second-order valence-corrected chi connectivity index (χ2v) is 9.71. The number of nitrogens with zero attached hydrogens (tertiary/aromatic N) is 2. The SMILES string of the molecule is CCc1ccc(-c2cc(C(=O)NC3CCN(Cc4ccccc4)CC3)c3cc(Cl)ccc3n2)cc1. The molecule has 178 valence electrons. The molecule has 4 aromatic rings. The van der Waals surface area contributed by atoms with Gasteiger partial charge < -0.3 is 5.32 Å². The molecule has 0 aliphatic carbocycles. The zero-order chi connectivity index (χ0) is 24.2. The lowest BCUT2D eigenvalue weighted by Gasteiger charge is -2.32. The van der Waals surface area contributed by atoms with Crippen LogP contribution in [0.25, 0.3) is 22.2 Å². The van der Waals surface area contributed by atoms with E-state index in [0.717, 1.165) is 61.1 Å². The van der Waals surface area contributed by atoms with Gasteiger partial charge in [-0.1, -0.05) is 73.1 Å². The molecule has 1 saturated heterocycles. The third-order valence-corrected chi connectivity index (χ3v) is 7.08. The van der Waals surface area contributed by atoms with Gasteiger partial charge in [-0.3, -0.25) is 9.69 Å². The van der Waals surface area contributed by atoms with E-state index in [0.29, 0.717) is 10.6 Å². The van der Waals surface area contributed by atoms with E-state index in [9.17, 15) is 4.79 Å². The van der Waals surface area contributed by atoms with Gasteiger partial charge in [0.15, 0.2) is 0 Å². The lowest BCUT2D eigenvalue weighted by atomic mass is 10.0. The summed E-state index contributed by atoms with van der Waals surface area (Å²) in [4.78, 5) is 20.8. The van der Waals surface area contributed by atoms with E-state index in [1.54, 1.807) is 0 Å². The highest BCUT2D eigenvalue weighted by molar-refractivity contribution is 6.31. The molecule has 2 heterocycles. The quantitative estimate of drug-likeness (QED) is 0.340. The highest BCUT2D eigenvalue weighted by Gasteiger charge is 2.23. The molecule has 0 atom stereocenters. The van der Waals surface area contributed by atoms with Crippen molar-refractivity contribution in [1.82, 2.24) is 15.2 Å². The third kappa shape index (κ3) is 5.55. The smallest absolute Gasteiger partial charge is 0.252 e. The number of hydrogen-bond acceptors (Lipinski definition) is 3. The van der Waals surface area contributed by atoms with Gasteiger partial charge in [-0.15, -0.1) is 0 Å². The standard InChI is InChI=1S/C30H30ClN3O/c1-2-21-8-10-23(11-9-21)29-19-27(26-18-24(31)12-13-28(26)33-29)30(35)32-25-14-16-34(17-15-25)20-22-6-4-3-5-7-22/h3-13,18-19,25H,2,14-17,20H2,1H3,(H,32,35). The number of hydrogen-bond donors (Lipinski definition) is 1. The zero-order valence-corrected chi connectivity index (χ0v) is 20.8. The van der Waals surface area contributed by atoms with Crippen molar-refractivity contribution in [1.29, 1.82) is 0 Å². The van der Waals surface area contributed by atoms with Gasteiger partial charge in [0, 0.05) is 41.6 Å². The second kappa shape index (κ2) is 10.6. The lowest BCUT2D eigenvalue weighted by molar-refractivity contribution is 0.0910. The molecule has 3 aromatic carbocycles. The van der Waals surface area contributed by atoms with Crippen LogP contribution in [0.3, 0.4) is 0 Å². The Bertz CT molecular complexity index is 1310. The molecule has 1 aliphatic rings. The summed E-state index contributed by atoms with van der Waals surface area (Å²) < 4.78 is 0. The average Bonchev–Trinajstić information content (AvgIpc) is 2.90. The molecule has 4 nitrogen and oxygen atoms in total. The number of pyridine rings is 1. The minimum atomic E-state index is -0.0624. The first kappa shape index (κ1) is 23.5. The molecular weight excluding hydrogens is 454 g/mol. The molecule has 0 bridgehead atoms. The summed E-state index contributed by atoms with van der Waals surface area (Å²) >= 11 is 6.29. The number of aryl methyl sites for hydroxylation is 1. The molecule has 1 aromatic heterocycles. The predicted molar refractivity (Wildman–Crippen MR) is 144 cm³/mol. The van der Waals surface area contributed by atoms with E-state index in [4.69, 9.17) is 16.6 Å². The number of carbonyl (C=O) groups excluding carboxylic acids is 1. The van der Waals surface area contributed by atoms with Gasteiger partial charge in [0.2, 0.25) is 0 Å². The number of likely N-dealkylation sites (tertiary alicyclic amines) is 1. The Morgan fingerprint density at radius 2 is 1.71 bits per heavy atom. The molecular formula is C30H30ClN3O. The second-order valence-electron chi connectivity index (χ2n) is 9.28. The number of amides is 1. The molecule has 0 radical (unpaired) electrons. The average molecular weight is 484 g/mol. The Morgan fingerprint density at radius 1 is 0.971 bits per heavy atom. The summed E-state index contributed by atoms with van der Waals surface area (Å²) in [6.07, 6.45) is 2.86. The van der Waals surface area contributed by atoms with Crippen LogP contribution in [0, 0.1) is 0 Å². The Hall–Kier alpha value is -3.21. The van der Waals surface area contributed by atoms with Crippen molar-refractivity contribution in [3.63, 3.8) is 0 Å². The zero-order valence-electron chi connectivity index (χ0n) is 20.0. The maximum Gasteiger partial charge on any atom is 0.252 e.